The van der Waals surface area contributed by atoms with Gasteiger partial charge in [-0.3, -0.25) is 0 Å². The summed E-state index contributed by atoms with van der Waals surface area (Å²) in [5.74, 6) is 2.30. The third-order valence-corrected chi connectivity index (χ3v) is 4.20. The van der Waals surface area contributed by atoms with Crippen LogP contribution in [0.3, 0.4) is 0 Å². The van der Waals surface area contributed by atoms with Crippen molar-refractivity contribution in [3.05, 3.63) is 34.1 Å². The maximum atomic E-state index is 5.45. The average molecular weight is 322 g/mol. The van der Waals surface area contributed by atoms with Gasteiger partial charge in [-0.2, -0.15) is 4.98 Å². The second-order valence-corrected chi connectivity index (χ2v) is 6.07. The minimum absolute atomic E-state index is 0.331. The van der Waals surface area contributed by atoms with E-state index in [1.54, 1.807) is 0 Å². The van der Waals surface area contributed by atoms with Crippen LogP contribution in [0.15, 0.2) is 27.2 Å². The molecule has 1 N–H and O–H groups in total. The Morgan fingerprint density at radius 2 is 2.21 bits per heavy atom. The number of nitrogens with one attached hydrogen (secondary N) is 1. The molecule has 1 aromatic heterocycles. The Morgan fingerprint density at radius 1 is 1.37 bits per heavy atom. The minimum Gasteiger partial charge on any atom is -0.339 e. The molecule has 4 nitrogen and oxygen atoms in total. The summed E-state index contributed by atoms with van der Waals surface area (Å²) in [4.78, 5) is 4.57. The number of hydrogen-bond acceptors (Lipinski definition) is 4. The van der Waals surface area contributed by atoms with Crippen LogP contribution in [0.1, 0.15) is 24.3 Å². The van der Waals surface area contributed by atoms with E-state index < -0.39 is 0 Å². The highest BCUT2D eigenvalue weighted by Crippen LogP contribution is 2.29. The van der Waals surface area contributed by atoms with Crippen molar-refractivity contribution in [2.45, 2.75) is 19.8 Å². The lowest BCUT2D eigenvalue weighted by molar-refractivity contribution is 0.340. The maximum Gasteiger partial charge on any atom is 0.231 e. The summed E-state index contributed by atoms with van der Waals surface area (Å²) < 4.78 is 6.51. The number of hydrogen-bond donors (Lipinski definition) is 1. The van der Waals surface area contributed by atoms with Crippen molar-refractivity contribution in [3.8, 4) is 11.4 Å². The lowest BCUT2D eigenvalue weighted by Gasteiger charge is -2.07. The SMILES string of the molecule is Cc1cc(Br)ccc1-c1noc([C@@H]2CNC[C@H]2C)n1. The molecule has 1 aliphatic rings. The Balaban J connectivity index is 1.92. The molecule has 1 saturated heterocycles. The molecule has 0 amide bonds. The van der Waals surface area contributed by atoms with Gasteiger partial charge < -0.3 is 9.84 Å². The second kappa shape index (κ2) is 5.06. The fourth-order valence-electron chi connectivity index (χ4n) is 2.51. The van der Waals surface area contributed by atoms with E-state index in [-0.39, 0.29) is 0 Å². The maximum absolute atomic E-state index is 5.45. The molecule has 0 aliphatic carbocycles. The van der Waals surface area contributed by atoms with Crippen molar-refractivity contribution >= 4 is 15.9 Å². The van der Waals surface area contributed by atoms with Crippen molar-refractivity contribution in [3.63, 3.8) is 0 Å². The zero-order chi connectivity index (χ0) is 13.4. The van der Waals surface area contributed by atoms with E-state index in [4.69, 9.17) is 4.52 Å². The Hall–Kier alpha value is -1.20. The predicted octanol–water partition coefficient (Wildman–Crippen LogP) is 3.13. The van der Waals surface area contributed by atoms with E-state index in [2.05, 4.69) is 51.3 Å². The fourth-order valence-corrected chi connectivity index (χ4v) is 2.99. The molecule has 2 heterocycles. The Kier molecular flexibility index (Phi) is 3.41. The van der Waals surface area contributed by atoms with Crippen LogP contribution >= 0.6 is 15.9 Å². The Morgan fingerprint density at radius 3 is 2.89 bits per heavy atom. The van der Waals surface area contributed by atoms with E-state index >= 15 is 0 Å². The monoisotopic (exact) mass is 321 g/mol. The molecule has 100 valence electrons. The van der Waals surface area contributed by atoms with Crippen molar-refractivity contribution in [2.24, 2.45) is 5.92 Å². The first kappa shape index (κ1) is 12.8. The summed E-state index contributed by atoms with van der Waals surface area (Å²) in [5, 5.41) is 7.48. The quantitative estimate of drug-likeness (QED) is 0.923. The van der Waals surface area contributed by atoms with Crippen LogP contribution in [0.5, 0.6) is 0 Å². The normalized spacial score (nSPS) is 22.9. The van der Waals surface area contributed by atoms with Crippen LogP contribution in [0, 0.1) is 12.8 Å². The highest BCUT2D eigenvalue weighted by atomic mass is 79.9. The summed E-state index contributed by atoms with van der Waals surface area (Å²) in [6, 6.07) is 6.08. The topological polar surface area (TPSA) is 51.0 Å². The van der Waals surface area contributed by atoms with Crippen molar-refractivity contribution in [1.29, 1.82) is 0 Å². The summed E-state index contributed by atoms with van der Waals surface area (Å²) in [6.07, 6.45) is 0. The van der Waals surface area contributed by atoms with Crippen LogP contribution in [-0.2, 0) is 0 Å². The zero-order valence-corrected chi connectivity index (χ0v) is 12.6. The molecule has 2 atom stereocenters. The zero-order valence-electron chi connectivity index (χ0n) is 11.0. The lowest BCUT2D eigenvalue weighted by Crippen LogP contribution is -2.08. The van der Waals surface area contributed by atoms with Crippen LogP contribution in [0.4, 0.5) is 0 Å². The van der Waals surface area contributed by atoms with E-state index in [0.717, 1.165) is 34.6 Å². The Labute approximate surface area is 120 Å². The number of aryl methyl sites for hydroxylation is 1. The van der Waals surface area contributed by atoms with Crippen LogP contribution in [-0.4, -0.2) is 23.2 Å². The third kappa shape index (κ3) is 2.44. The van der Waals surface area contributed by atoms with E-state index in [0.29, 0.717) is 17.7 Å². The number of benzene rings is 1. The molecule has 0 bridgehead atoms. The van der Waals surface area contributed by atoms with E-state index in [1.807, 2.05) is 12.1 Å². The standard InChI is InChI=1S/C14H16BrN3O/c1-8-5-10(15)3-4-11(8)13-17-14(19-18-13)12-7-16-6-9(12)2/h3-5,9,12,16H,6-7H2,1-2H3/t9-,12-/m1/s1. The molecule has 0 spiro atoms. The van der Waals surface area contributed by atoms with Gasteiger partial charge in [0.15, 0.2) is 0 Å². The molecule has 3 rings (SSSR count). The second-order valence-electron chi connectivity index (χ2n) is 5.16. The van der Waals surface area contributed by atoms with Gasteiger partial charge in [0.1, 0.15) is 0 Å². The molecular weight excluding hydrogens is 306 g/mol. The van der Waals surface area contributed by atoms with Gasteiger partial charge in [0.2, 0.25) is 11.7 Å². The van der Waals surface area contributed by atoms with Gasteiger partial charge in [0.05, 0.1) is 5.92 Å². The molecular formula is C14H16BrN3O. The van der Waals surface area contributed by atoms with Crippen LogP contribution in [0.25, 0.3) is 11.4 Å². The van der Waals surface area contributed by atoms with Gasteiger partial charge in [0, 0.05) is 16.6 Å². The largest absolute Gasteiger partial charge is 0.339 e. The van der Waals surface area contributed by atoms with Gasteiger partial charge in [-0.15, -0.1) is 0 Å². The van der Waals surface area contributed by atoms with Crippen molar-refractivity contribution < 1.29 is 4.52 Å². The van der Waals surface area contributed by atoms with Gasteiger partial charge in [0.25, 0.3) is 0 Å². The van der Waals surface area contributed by atoms with Gasteiger partial charge in [-0.05, 0) is 43.1 Å². The van der Waals surface area contributed by atoms with Gasteiger partial charge >= 0.3 is 0 Å². The number of aromatic nitrogens is 2. The number of rotatable bonds is 2. The highest BCUT2D eigenvalue weighted by Gasteiger charge is 2.29. The summed E-state index contributed by atoms with van der Waals surface area (Å²) >= 11 is 3.46. The molecule has 0 radical (unpaired) electrons. The molecule has 2 aromatic rings. The van der Waals surface area contributed by atoms with Gasteiger partial charge in [-0.25, -0.2) is 0 Å². The van der Waals surface area contributed by atoms with Crippen LogP contribution in [0.2, 0.25) is 0 Å². The number of halogens is 1. The van der Waals surface area contributed by atoms with Crippen LogP contribution < -0.4 is 5.32 Å². The Bertz CT molecular complexity index is 596. The van der Waals surface area contributed by atoms with E-state index in [9.17, 15) is 0 Å². The highest BCUT2D eigenvalue weighted by molar-refractivity contribution is 9.10. The molecule has 19 heavy (non-hydrogen) atoms. The first-order valence-corrected chi connectivity index (χ1v) is 7.25. The number of nitrogens with zero attached hydrogens (tertiary/aromatic N) is 2. The molecule has 1 aliphatic heterocycles. The first-order chi connectivity index (χ1) is 9.15. The molecule has 0 saturated carbocycles. The van der Waals surface area contributed by atoms with E-state index in [1.165, 1.54) is 0 Å². The van der Waals surface area contributed by atoms with Crippen molar-refractivity contribution in [1.82, 2.24) is 15.5 Å². The predicted molar refractivity (Wildman–Crippen MR) is 76.9 cm³/mol. The van der Waals surface area contributed by atoms with Gasteiger partial charge in [-0.1, -0.05) is 28.0 Å². The lowest BCUT2D eigenvalue weighted by atomic mass is 9.98. The minimum atomic E-state index is 0.331. The summed E-state index contributed by atoms with van der Waals surface area (Å²) in [5.41, 5.74) is 2.16. The molecule has 0 unspecified atom stereocenters. The first-order valence-electron chi connectivity index (χ1n) is 6.46. The summed E-state index contributed by atoms with van der Waals surface area (Å²) in [6.45, 7) is 6.19. The smallest absolute Gasteiger partial charge is 0.231 e. The van der Waals surface area contributed by atoms with Crippen molar-refractivity contribution in [2.75, 3.05) is 13.1 Å². The molecule has 1 aromatic carbocycles. The molecule has 5 heteroatoms. The summed E-state index contributed by atoms with van der Waals surface area (Å²) in [7, 11) is 0. The third-order valence-electron chi connectivity index (χ3n) is 3.71. The average Bonchev–Trinajstić information content (AvgIpc) is 2.97. The fraction of sp³-hybridized carbons (Fsp3) is 0.429. The molecule has 1 fully saturated rings.